The van der Waals surface area contributed by atoms with Crippen molar-refractivity contribution < 1.29 is 0 Å². The molecule has 0 amide bonds. The Hall–Kier alpha value is -0.0800. The van der Waals surface area contributed by atoms with Gasteiger partial charge in [0.25, 0.3) is 0 Å². The quantitative estimate of drug-likeness (QED) is 0.520. The summed E-state index contributed by atoms with van der Waals surface area (Å²) in [6.07, 6.45) is 2.80. The van der Waals surface area contributed by atoms with Crippen molar-refractivity contribution >= 4 is 0 Å². The van der Waals surface area contributed by atoms with Crippen LogP contribution in [0.1, 0.15) is 12.8 Å². The van der Waals surface area contributed by atoms with E-state index in [1.807, 2.05) is 0 Å². The van der Waals surface area contributed by atoms with Gasteiger partial charge in [0, 0.05) is 13.1 Å². The minimum atomic E-state index is 0.736. The first-order valence-electron chi connectivity index (χ1n) is 4.20. The zero-order valence-electron chi connectivity index (χ0n) is 6.69. The van der Waals surface area contributed by atoms with Crippen LogP contribution < -0.4 is 5.32 Å². The van der Waals surface area contributed by atoms with Crippen molar-refractivity contribution in [1.29, 1.82) is 0 Å². The Balaban J connectivity index is 1.90. The Kier molecular flexibility index (Phi) is 1.46. The van der Waals surface area contributed by atoms with Crippen LogP contribution in [0.5, 0.6) is 0 Å². The maximum atomic E-state index is 3.40. The second-order valence-electron chi connectivity index (χ2n) is 3.92. The van der Waals surface area contributed by atoms with Gasteiger partial charge in [0.1, 0.15) is 0 Å². The number of rotatable bonds is 0. The smallest absolute Gasteiger partial charge is 0.00484 e. The van der Waals surface area contributed by atoms with Gasteiger partial charge in [0.2, 0.25) is 0 Å². The summed E-state index contributed by atoms with van der Waals surface area (Å²) in [5, 5.41) is 3.40. The predicted molar refractivity (Wildman–Crippen MR) is 42.0 cm³/mol. The molecule has 1 N–H and O–H groups in total. The Labute approximate surface area is 62.6 Å². The molecule has 0 saturated carbocycles. The van der Waals surface area contributed by atoms with E-state index >= 15 is 0 Å². The molecular weight excluding hydrogens is 124 g/mol. The van der Waals surface area contributed by atoms with E-state index < -0.39 is 0 Å². The fraction of sp³-hybridized carbons (Fsp3) is 1.00. The van der Waals surface area contributed by atoms with E-state index in [9.17, 15) is 0 Å². The second kappa shape index (κ2) is 2.21. The summed E-state index contributed by atoms with van der Waals surface area (Å²) in [5.74, 6) is 0. The maximum absolute atomic E-state index is 3.40. The standard InChI is InChI=1S/C8H16N2/c1-10-6-8(7-10)2-4-9-5-3-8/h9H,2-7H2,1H3. The molecule has 0 radical (unpaired) electrons. The summed E-state index contributed by atoms with van der Waals surface area (Å²) in [4.78, 5) is 2.42. The van der Waals surface area contributed by atoms with Crippen molar-refractivity contribution in [3.05, 3.63) is 0 Å². The first kappa shape index (κ1) is 6.62. The highest BCUT2D eigenvalue weighted by molar-refractivity contribution is 4.95. The van der Waals surface area contributed by atoms with Crippen molar-refractivity contribution in [3.8, 4) is 0 Å². The SMILES string of the molecule is CN1CC2(CCNCC2)C1. The summed E-state index contributed by atoms with van der Waals surface area (Å²) in [6.45, 7) is 5.17. The first-order valence-corrected chi connectivity index (χ1v) is 4.20. The molecule has 0 aromatic rings. The molecule has 0 atom stereocenters. The van der Waals surface area contributed by atoms with Crippen LogP contribution in [0.3, 0.4) is 0 Å². The highest BCUT2D eigenvalue weighted by Crippen LogP contribution is 2.37. The number of likely N-dealkylation sites (tertiary alicyclic amines) is 1. The molecule has 0 unspecified atom stereocenters. The minimum absolute atomic E-state index is 0.736. The minimum Gasteiger partial charge on any atom is -0.317 e. The zero-order chi connectivity index (χ0) is 7.03. The van der Waals surface area contributed by atoms with E-state index in [4.69, 9.17) is 0 Å². The zero-order valence-corrected chi connectivity index (χ0v) is 6.69. The topological polar surface area (TPSA) is 15.3 Å². The first-order chi connectivity index (χ1) is 4.81. The van der Waals surface area contributed by atoms with Crippen molar-refractivity contribution in [1.82, 2.24) is 10.2 Å². The van der Waals surface area contributed by atoms with E-state index in [1.165, 1.54) is 39.0 Å². The molecule has 2 heteroatoms. The molecule has 58 valence electrons. The fourth-order valence-corrected chi connectivity index (χ4v) is 2.37. The van der Waals surface area contributed by atoms with Gasteiger partial charge < -0.3 is 10.2 Å². The van der Waals surface area contributed by atoms with Gasteiger partial charge in [0.15, 0.2) is 0 Å². The van der Waals surface area contributed by atoms with Gasteiger partial charge in [-0.05, 0) is 38.4 Å². The summed E-state index contributed by atoms with van der Waals surface area (Å²) in [5.41, 5.74) is 0.736. The van der Waals surface area contributed by atoms with Crippen LogP contribution in [0.25, 0.3) is 0 Å². The monoisotopic (exact) mass is 140 g/mol. The lowest BCUT2D eigenvalue weighted by Gasteiger charge is -2.51. The molecule has 2 heterocycles. The summed E-state index contributed by atoms with van der Waals surface area (Å²) in [6, 6.07) is 0. The number of piperidine rings is 1. The number of nitrogens with zero attached hydrogens (tertiary/aromatic N) is 1. The molecule has 2 nitrogen and oxygen atoms in total. The lowest BCUT2D eigenvalue weighted by Crippen LogP contribution is -2.58. The average Bonchev–Trinajstić information content (AvgIpc) is 1.87. The predicted octanol–water partition coefficient (Wildman–Crippen LogP) is 0.302. The highest BCUT2D eigenvalue weighted by atomic mass is 15.2. The number of nitrogens with one attached hydrogen (secondary N) is 1. The lowest BCUT2D eigenvalue weighted by atomic mass is 9.73. The van der Waals surface area contributed by atoms with Crippen LogP contribution in [0.2, 0.25) is 0 Å². The molecule has 0 aliphatic carbocycles. The highest BCUT2D eigenvalue weighted by Gasteiger charge is 2.41. The Morgan fingerprint density at radius 3 is 2.30 bits per heavy atom. The van der Waals surface area contributed by atoms with Crippen LogP contribution in [0.4, 0.5) is 0 Å². The van der Waals surface area contributed by atoms with Crippen LogP contribution in [0.15, 0.2) is 0 Å². The van der Waals surface area contributed by atoms with Crippen LogP contribution in [-0.4, -0.2) is 38.1 Å². The Bertz CT molecular complexity index is 112. The van der Waals surface area contributed by atoms with E-state index in [2.05, 4.69) is 17.3 Å². The normalized spacial score (nSPS) is 32.1. The van der Waals surface area contributed by atoms with E-state index in [-0.39, 0.29) is 0 Å². The van der Waals surface area contributed by atoms with Gasteiger partial charge in [-0.1, -0.05) is 0 Å². The van der Waals surface area contributed by atoms with Crippen molar-refractivity contribution in [3.63, 3.8) is 0 Å². The van der Waals surface area contributed by atoms with Crippen molar-refractivity contribution in [2.45, 2.75) is 12.8 Å². The third kappa shape index (κ3) is 0.956. The van der Waals surface area contributed by atoms with Gasteiger partial charge in [-0.25, -0.2) is 0 Å². The third-order valence-corrected chi connectivity index (χ3v) is 2.87. The summed E-state index contributed by atoms with van der Waals surface area (Å²) < 4.78 is 0. The largest absolute Gasteiger partial charge is 0.317 e. The van der Waals surface area contributed by atoms with Gasteiger partial charge in [-0.2, -0.15) is 0 Å². The number of hydrogen-bond acceptors (Lipinski definition) is 2. The van der Waals surface area contributed by atoms with E-state index in [1.54, 1.807) is 0 Å². The van der Waals surface area contributed by atoms with Gasteiger partial charge in [0.05, 0.1) is 0 Å². The molecule has 2 aliphatic rings. The average molecular weight is 140 g/mol. The molecule has 2 aliphatic heterocycles. The van der Waals surface area contributed by atoms with Gasteiger partial charge in [-0.15, -0.1) is 0 Å². The molecular formula is C8H16N2. The van der Waals surface area contributed by atoms with E-state index in [0.29, 0.717) is 0 Å². The van der Waals surface area contributed by atoms with Crippen LogP contribution in [0, 0.1) is 5.41 Å². The lowest BCUT2D eigenvalue weighted by molar-refractivity contribution is -0.00368. The third-order valence-electron chi connectivity index (χ3n) is 2.87. The van der Waals surface area contributed by atoms with Crippen LogP contribution >= 0.6 is 0 Å². The Morgan fingerprint density at radius 2 is 1.80 bits per heavy atom. The van der Waals surface area contributed by atoms with Crippen molar-refractivity contribution in [2.75, 3.05) is 33.2 Å². The molecule has 0 bridgehead atoms. The fourth-order valence-electron chi connectivity index (χ4n) is 2.37. The van der Waals surface area contributed by atoms with Gasteiger partial charge >= 0.3 is 0 Å². The molecule has 10 heavy (non-hydrogen) atoms. The van der Waals surface area contributed by atoms with Crippen molar-refractivity contribution in [2.24, 2.45) is 5.41 Å². The molecule has 0 aromatic carbocycles. The van der Waals surface area contributed by atoms with Gasteiger partial charge in [-0.3, -0.25) is 0 Å². The second-order valence-corrected chi connectivity index (χ2v) is 3.92. The molecule has 2 saturated heterocycles. The molecule has 2 fully saturated rings. The summed E-state index contributed by atoms with van der Waals surface area (Å²) in [7, 11) is 2.22. The Morgan fingerprint density at radius 1 is 1.20 bits per heavy atom. The summed E-state index contributed by atoms with van der Waals surface area (Å²) >= 11 is 0. The molecule has 1 spiro atoms. The molecule has 0 aromatic heterocycles. The molecule has 2 rings (SSSR count). The maximum Gasteiger partial charge on any atom is 0.00484 e. The van der Waals surface area contributed by atoms with Crippen LogP contribution in [-0.2, 0) is 0 Å². The van der Waals surface area contributed by atoms with E-state index in [0.717, 1.165) is 5.41 Å². The number of hydrogen-bond donors (Lipinski definition) is 1.